The number of terminal acetylenes is 1. The quantitative estimate of drug-likeness (QED) is 0.515. The van der Waals surface area contributed by atoms with E-state index < -0.39 is 11.9 Å². The Hall–Kier alpha value is -4.18. The molecule has 0 atom stereocenters. The van der Waals surface area contributed by atoms with Gasteiger partial charge in [0.2, 0.25) is 0 Å². The molecule has 7 heteroatoms. The molecular weight excluding hydrogens is 392 g/mol. The van der Waals surface area contributed by atoms with Gasteiger partial charge >= 0.3 is 5.97 Å². The van der Waals surface area contributed by atoms with Crippen LogP contribution in [-0.4, -0.2) is 40.3 Å². The largest absolute Gasteiger partial charge is 0.465 e. The second-order valence-electron chi connectivity index (χ2n) is 6.80. The number of hydrogen-bond donors (Lipinski definition) is 1. The minimum atomic E-state index is -0.502. The van der Waals surface area contributed by atoms with Crippen LogP contribution in [0.15, 0.2) is 59.9 Å². The van der Waals surface area contributed by atoms with Crippen molar-refractivity contribution in [3.63, 3.8) is 0 Å². The fourth-order valence-electron chi connectivity index (χ4n) is 3.48. The number of aromatic nitrogens is 2. The normalized spacial score (nSPS) is 11.9. The molecule has 0 aliphatic carbocycles. The number of fused-ring (bicyclic) bond motifs is 3. The van der Waals surface area contributed by atoms with Crippen LogP contribution in [0.1, 0.15) is 39.8 Å². The number of hydrogen-bond acceptors (Lipinski definition) is 5. The molecule has 2 heterocycles. The Morgan fingerprint density at radius 2 is 2.03 bits per heavy atom. The van der Waals surface area contributed by atoms with Crippen molar-refractivity contribution in [3.8, 4) is 18.0 Å². The lowest BCUT2D eigenvalue weighted by Crippen LogP contribution is -2.31. The lowest BCUT2D eigenvalue weighted by molar-refractivity contribution is -0.141. The molecule has 7 nitrogen and oxygen atoms in total. The second kappa shape index (κ2) is 8.67. The van der Waals surface area contributed by atoms with Crippen LogP contribution in [0, 0.1) is 12.3 Å². The van der Waals surface area contributed by atoms with E-state index in [9.17, 15) is 9.59 Å². The van der Waals surface area contributed by atoms with E-state index in [1.165, 1.54) is 0 Å². The minimum absolute atomic E-state index is 0.217. The molecule has 0 saturated carbocycles. The van der Waals surface area contributed by atoms with E-state index in [1.54, 1.807) is 13.3 Å². The number of imidazole rings is 1. The van der Waals surface area contributed by atoms with Crippen LogP contribution in [0.25, 0.3) is 5.69 Å². The van der Waals surface area contributed by atoms with Crippen LogP contribution in [0.4, 0.5) is 0 Å². The van der Waals surface area contributed by atoms with Crippen molar-refractivity contribution in [2.45, 2.75) is 13.5 Å². The zero-order valence-corrected chi connectivity index (χ0v) is 17.0. The van der Waals surface area contributed by atoms with Crippen LogP contribution in [-0.2, 0) is 16.1 Å². The molecule has 1 aliphatic heterocycles. The average Bonchev–Trinajstić information content (AvgIpc) is 3.15. The van der Waals surface area contributed by atoms with Gasteiger partial charge in [-0.05, 0) is 25.1 Å². The maximum Gasteiger partial charge on any atom is 0.325 e. The summed E-state index contributed by atoms with van der Waals surface area (Å²) < 4.78 is 6.70. The highest BCUT2D eigenvalue weighted by Gasteiger charge is 2.25. The topological polar surface area (TPSA) is 85.6 Å². The van der Waals surface area contributed by atoms with E-state index in [0.717, 1.165) is 28.1 Å². The lowest BCUT2D eigenvalue weighted by atomic mass is 9.98. The van der Waals surface area contributed by atoms with Gasteiger partial charge in [0.25, 0.3) is 5.91 Å². The molecule has 0 fully saturated rings. The Kier molecular flexibility index (Phi) is 5.63. The second-order valence-corrected chi connectivity index (χ2v) is 6.80. The Labute approximate surface area is 179 Å². The summed E-state index contributed by atoms with van der Waals surface area (Å²) in [6.07, 6.45) is 7.21. The smallest absolute Gasteiger partial charge is 0.325 e. The summed E-state index contributed by atoms with van der Waals surface area (Å²) in [7, 11) is 0. The molecule has 1 amide bonds. The number of nitrogens with one attached hydrogen (secondary N) is 1. The molecule has 0 bridgehead atoms. The van der Waals surface area contributed by atoms with E-state index in [1.807, 2.05) is 53.1 Å². The molecule has 0 radical (unpaired) electrons. The highest BCUT2D eigenvalue weighted by Crippen LogP contribution is 2.27. The zero-order valence-electron chi connectivity index (χ0n) is 17.0. The summed E-state index contributed by atoms with van der Waals surface area (Å²) in [4.78, 5) is 33.4. The number of ether oxygens (including phenoxy) is 1. The van der Waals surface area contributed by atoms with Gasteiger partial charge in [0.15, 0.2) is 5.69 Å². The molecule has 3 aromatic rings. The lowest BCUT2D eigenvalue weighted by Gasteiger charge is -2.12. The fraction of sp³-hybridized carbons (Fsp3) is 0.167. The van der Waals surface area contributed by atoms with Crippen molar-refractivity contribution < 1.29 is 14.3 Å². The monoisotopic (exact) mass is 412 g/mol. The fourth-order valence-corrected chi connectivity index (χ4v) is 3.48. The molecular formula is C24H20N4O3. The zero-order chi connectivity index (χ0) is 21.8. The van der Waals surface area contributed by atoms with E-state index >= 15 is 0 Å². The maximum atomic E-state index is 12.7. The van der Waals surface area contributed by atoms with Crippen LogP contribution in [0.2, 0.25) is 0 Å². The van der Waals surface area contributed by atoms with Crippen molar-refractivity contribution in [1.29, 1.82) is 0 Å². The van der Waals surface area contributed by atoms with Crippen molar-refractivity contribution in [2.75, 3.05) is 13.2 Å². The summed E-state index contributed by atoms with van der Waals surface area (Å²) in [5, 5.41) is 2.56. The number of nitrogens with zero attached hydrogens (tertiary/aromatic N) is 3. The Balaban J connectivity index is 1.76. The number of aliphatic imine (C=N–C) groups is 1. The maximum absolute atomic E-state index is 12.7. The van der Waals surface area contributed by atoms with Gasteiger partial charge in [0.1, 0.15) is 12.9 Å². The molecule has 154 valence electrons. The third-order valence-corrected chi connectivity index (χ3v) is 4.89. The number of esters is 1. The van der Waals surface area contributed by atoms with E-state index in [2.05, 4.69) is 16.2 Å². The predicted molar refractivity (Wildman–Crippen MR) is 116 cm³/mol. The number of carbonyl (C=O) groups is 2. The van der Waals surface area contributed by atoms with Gasteiger partial charge in [-0.15, -0.1) is 6.42 Å². The molecule has 0 saturated heterocycles. The molecule has 1 aromatic heterocycles. The van der Waals surface area contributed by atoms with Crippen LogP contribution in [0.5, 0.6) is 0 Å². The molecule has 1 N–H and O–H groups in total. The van der Waals surface area contributed by atoms with Crippen LogP contribution < -0.4 is 5.32 Å². The summed E-state index contributed by atoms with van der Waals surface area (Å²) in [5.74, 6) is 1.71. The van der Waals surface area contributed by atoms with Crippen molar-refractivity contribution in [3.05, 3.63) is 82.9 Å². The first kappa shape index (κ1) is 20.1. The summed E-state index contributed by atoms with van der Waals surface area (Å²) in [6.45, 7) is 1.98. The summed E-state index contributed by atoms with van der Waals surface area (Å²) in [5.41, 5.74) is 5.00. The van der Waals surface area contributed by atoms with Crippen molar-refractivity contribution in [1.82, 2.24) is 14.9 Å². The summed E-state index contributed by atoms with van der Waals surface area (Å²) in [6, 6.07) is 15.5. The highest BCUT2D eigenvalue weighted by molar-refractivity contribution is 6.15. The molecule has 1 aliphatic rings. The van der Waals surface area contributed by atoms with Gasteiger partial charge in [-0.25, -0.2) is 4.98 Å². The molecule has 0 spiro atoms. The molecule has 0 unspecified atom stereocenters. The first-order valence-electron chi connectivity index (χ1n) is 9.83. The van der Waals surface area contributed by atoms with E-state index in [-0.39, 0.29) is 25.4 Å². The molecule has 2 aromatic carbocycles. The average molecular weight is 412 g/mol. The van der Waals surface area contributed by atoms with Gasteiger partial charge in [-0.3, -0.25) is 19.1 Å². The molecule has 31 heavy (non-hydrogen) atoms. The first-order chi connectivity index (χ1) is 15.1. The van der Waals surface area contributed by atoms with Gasteiger partial charge < -0.3 is 10.1 Å². The van der Waals surface area contributed by atoms with Crippen LogP contribution in [0.3, 0.4) is 0 Å². The first-order valence-corrected chi connectivity index (χ1v) is 9.83. The van der Waals surface area contributed by atoms with Gasteiger partial charge in [0.05, 0.1) is 30.2 Å². The number of benzene rings is 2. The summed E-state index contributed by atoms with van der Waals surface area (Å²) >= 11 is 0. The van der Waals surface area contributed by atoms with Crippen molar-refractivity contribution >= 4 is 17.6 Å². The Bertz CT molecular complexity index is 1220. The van der Waals surface area contributed by atoms with Gasteiger partial charge in [-0.2, -0.15) is 0 Å². The van der Waals surface area contributed by atoms with E-state index in [0.29, 0.717) is 5.69 Å². The van der Waals surface area contributed by atoms with Crippen LogP contribution >= 0.6 is 0 Å². The number of rotatable bonds is 5. The van der Waals surface area contributed by atoms with Crippen molar-refractivity contribution in [2.24, 2.45) is 4.99 Å². The van der Waals surface area contributed by atoms with Gasteiger partial charge in [-0.1, -0.05) is 36.3 Å². The number of amides is 1. The van der Waals surface area contributed by atoms with E-state index in [4.69, 9.17) is 16.2 Å². The Morgan fingerprint density at radius 1 is 1.23 bits per heavy atom. The SMILES string of the molecule is C#Cc1ccc2c(c1)C(c1ccccc1)=NCc1c(C(=O)NCC(=O)OCC)ncn1-2. The standard InChI is InChI=1S/C24H20N4O3/c1-3-16-10-11-19-18(12-16)22(17-8-6-5-7-9-17)25-13-20-23(27-15-28(19)20)24(30)26-14-21(29)31-4-2/h1,5-12,15H,4,13-14H2,2H3,(H,26,30). The third-order valence-electron chi connectivity index (χ3n) is 4.89. The third kappa shape index (κ3) is 3.96. The minimum Gasteiger partial charge on any atom is -0.465 e. The number of carbonyl (C=O) groups excluding carboxylic acids is 2. The van der Waals surface area contributed by atoms with Gasteiger partial charge in [0, 0.05) is 16.7 Å². The Morgan fingerprint density at radius 3 is 2.77 bits per heavy atom. The predicted octanol–water partition coefficient (Wildman–Crippen LogP) is 2.50. The molecule has 4 rings (SSSR count). The highest BCUT2D eigenvalue weighted by atomic mass is 16.5.